The van der Waals surface area contributed by atoms with Crippen molar-refractivity contribution in [1.29, 1.82) is 0 Å². The summed E-state index contributed by atoms with van der Waals surface area (Å²) in [4.78, 5) is 3.93. The third-order valence-corrected chi connectivity index (χ3v) is 2.03. The minimum absolute atomic E-state index is 0.358. The second-order valence-corrected chi connectivity index (χ2v) is 3.21. The molecular weight excluding hydrogens is 178 g/mol. The number of aromatic nitrogens is 1. The standard InChI is InChI=1S/C11H17NO2/c1-2-14-9-11(13)4-3-10-5-7-12-8-6-10/h5-8,11,13H,2-4,9H2,1H3. The van der Waals surface area contributed by atoms with Gasteiger partial charge in [0.1, 0.15) is 0 Å². The number of aliphatic hydroxyl groups is 1. The fraction of sp³-hybridized carbons (Fsp3) is 0.545. The van der Waals surface area contributed by atoms with Crippen LogP contribution in [-0.2, 0) is 11.2 Å². The van der Waals surface area contributed by atoms with Crippen molar-refractivity contribution < 1.29 is 9.84 Å². The molecule has 0 bridgehead atoms. The van der Waals surface area contributed by atoms with Crippen LogP contribution in [0.3, 0.4) is 0 Å². The van der Waals surface area contributed by atoms with E-state index in [1.165, 1.54) is 5.56 Å². The van der Waals surface area contributed by atoms with E-state index < -0.39 is 0 Å². The number of aliphatic hydroxyl groups excluding tert-OH is 1. The van der Waals surface area contributed by atoms with Gasteiger partial charge in [0.15, 0.2) is 0 Å². The number of pyridine rings is 1. The van der Waals surface area contributed by atoms with Gasteiger partial charge in [0, 0.05) is 19.0 Å². The molecule has 1 aromatic heterocycles. The van der Waals surface area contributed by atoms with Gasteiger partial charge in [-0.25, -0.2) is 0 Å². The van der Waals surface area contributed by atoms with Crippen LogP contribution in [0.2, 0.25) is 0 Å². The lowest BCUT2D eigenvalue weighted by Gasteiger charge is -2.09. The molecule has 0 radical (unpaired) electrons. The van der Waals surface area contributed by atoms with E-state index >= 15 is 0 Å². The lowest BCUT2D eigenvalue weighted by atomic mass is 10.1. The minimum Gasteiger partial charge on any atom is -0.391 e. The molecule has 0 amide bonds. The Morgan fingerprint density at radius 3 is 2.79 bits per heavy atom. The molecule has 0 spiro atoms. The molecule has 3 heteroatoms. The molecule has 0 saturated heterocycles. The first-order chi connectivity index (χ1) is 6.83. The molecule has 1 unspecified atom stereocenters. The Balaban J connectivity index is 2.20. The Bertz CT molecular complexity index is 238. The van der Waals surface area contributed by atoms with Crippen LogP contribution in [0.1, 0.15) is 18.9 Å². The zero-order chi connectivity index (χ0) is 10.2. The van der Waals surface area contributed by atoms with Crippen molar-refractivity contribution in [2.45, 2.75) is 25.9 Å². The SMILES string of the molecule is CCOCC(O)CCc1ccncc1. The van der Waals surface area contributed by atoms with Crippen molar-refractivity contribution in [3.05, 3.63) is 30.1 Å². The summed E-state index contributed by atoms with van der Waals surface area (Å²) >= 11 is 0. The van der Waals surface area contributed by atoms with Crippen molar-refractivity contribution in [3.63, 3.8) is 0 Å². The zero-order valence-corrected chi connectivity index (χ0v) is 8.52. The maximum absolute atomic E-state index is 9.50. The summed E-state index contributed by atoms with van der Waals surface area (Å²) in [6, 6.07) is 3.93. The smallest absolute Gasteiger partial charge is 0.0776 e. The van der Waals surface area contributed by atoms with Gasteiger partial charge in [-0.05, 0) is 37.5 Å². The maximum atomic E-state index is 9.50. The van der Waals surface area contributed by atoms with Crippen molar-refractivity contribution in [1.82, 2.24) is 4.98 Å². The van der Waals surface area contributed by atoms with Gasteiger partial charge in [0.05, 0.1) is 12.7 Å². The van der Waals surface area contributed by atoms with Crippen LogP contribution in [0.5, 0.6) is 0 Å². The van der Waals surface area contributed by atoms with Crippen molar-refractivity contribution in [2.24, 2.45) is 0 Å². The highest BCUT2D eigenvalue weighted by Crippen LogP contribution is 2.03. The van der Waals surface area contributed by atoms with Gasteiger partial charge in [-0.1, -0.05) is 0 Å². The zero-order valence-electron chi connectivity index (χ0n) is 8.52. The van der Waals surface area contributed by atoms with Crippen LogP contribution in [-0.4, -0.2) is 29.4 Å². The maximum Gasteiger partial charge on any atom is 0.0776 e. The van der Waals surface area contributed by atoms with Gasteiger partial charge in [-0.3, -0.25) is 4.98 Å². The predicted molar refractivity (Wildman–Crippen MR) is 55.1 cm³/mol. The average molecular weight is 195 g/mol. The predicted octanol–water partition coefficient (Wildman–Crippen LogP) is 1.41. The highest BCUT2D eigenvalue weighted by Gasteiger charge is 2.03. The van der Waals surface area contributed by atoms with E-state index in [9.17, 15) is 5.11 Å². The summed E-state index contributed by atoms with van der Waals surface area (Å²) in [6.45, 7) is 3.02. The summed E-state index contributed by atoms with van der Waals surface area (Å²) < 4.78 is 5.12. The molecule has 0 aliphatic rings. The van der Waals surface area contributed by atoms with Crippen LogP contribution in [0.25, 0.3) is 0 Å². The molecule has 0 aliphatic carbocycles. The van der Waals surface area contributed by atoms with Crippen LogP contribution in [0.4, 0.5) is 0 Å². The first-order valence-electron chi connectivity index (χ1n) is 4.97. The highest BCUT2D eigenvalue weighted by atomic mass is 16.5. The summed E-state index contributed by atoms with van der Waals surface area (Å²) in [5, 5.41) is 9.50. The Morgan fingerprint density at radius 1 is 1.43 bits per heavy atom. The van der Waals surface area contributed by atoms with E-state index in [-0.39, 0.29) is 6.10 Å². The molecule has 0 aliphatic heterocycles. The molecule has 1 atom stereocenters. The number of nitrogens with zero attached hydrogens (tertiary/aromatic N) is 1. The van der Waals surface area contributed by atoms with E-state index in [1.54, 1.807) is 12.4 Å². The molecular formula is C11H17NO2. The fourth-order valence-electron chi connectivity index (χ4n) is 1.22. The molecule has 0 aromatic carbocycles. The number of ether oxygens (including phenoxy) is 1. The average Bonchev–Trinajstić information content (AvgIpc) is 2.25. The summed E-state index contributed by atoms with van der Waals surface area (Å²) in [5.41, 5.74) is 1.20. The molecule has 14 heavy (non-hydrogen) atoms. The van der Waals surface area contributed by atoms with Gasteiger partial charge >= 0.3 is 0 Å². The van der Waals surface area contributed by atoms with Gasteiger partial charge in [0.25, 0.3) is 0 Å². The number of rotatable bonds is 6. The van der Waals surface area contributed by atoms with Crippen molar-refractivity contribution in [3.8, 4) is 0 Å². The number of aryl methyl sites for hydroxylation is 1. The van der Waals surface area contributed by atoms with Crippen LogP contribution >= 0.6 is 0 Å². The molecule has 1 aromatic rings. The third kappa shape index (κ3) is 4.35. The quantitative estimate of drug-likeness (QED) is 0.746. The molecule has 0 saturated carbocycles. The first kappa shape index (κ1) is 11.1. The Kier molecular flexibility index (Phi) is 5.19. The first-order valence-corrected chi connectivity index (χ1v) is 4.97. The summed E-state index contributed by atoms with van der Waals surface area (Å²) in [7, 11) is 0. The third-order valence-electron chi connectivity index (χ3n) is 2.03. The van der Waals surface area contributed by atoms with Crippen LogP contribution in [0.15, 0.2) is 24.5 Å². The Morgan fingerprint density at radius 2 is 2.14 bits per heavy atom. The second kappa shape index (κ2) is 6.51. The topological polar surface area (TPSA) is 42.4 Å². The number of hydrogen-bond donors (Lipinski definition) is 1. The van der Waals surface area contributed by atoms with E-state index in [2.05, 4.69) is 4.98 Å². The van der Waals surface area contributed by atoms with Gasteiger partial charge in [0.2, 0.25) is 0 Å². The van der Waals surface area contributed by atoms with Gasteiger partial charge in [-0.15, -0.1) is 0 Å². The fourth-order valence-corrected chi connectivity index (χ4v) is 1.22. The summed E-state index contributed by atoms with van der Waals surface area (Å²) in [6.07, 6.45) is 4.79. The molecule has 0 fully saturated rings. The largest absolute Gasteiger partial charge is 0.391 e. The highest BCUT2D eigenvalue weighted by molar-refractivity contribution is 5.09. The Hall–Kier alpha value is -0.930. The molecule has 1 rings (SSSR count). The molecule has 78 valence electrons. The number of hydrogen-bond acceptors (Lipinski definition) is 3. The van der Waals surface area contributed by atoms with E-state index in [4.69, 9.17) is 4.74 Å². The molecule has 1 N–H and O–H groups in total. The molecule has 3 nitrogen and oxygen atoms in total. The monoisotopic (exact) mass is 195 g/mol. The van der Waals surface area contributed by atoms with E-state index in [0.29, 0.717) is 13.2 Å². The van der Waals surface area contributed by atoms with E-state index in [1.807, 2.05) is 19.1 Å². The molecule has 1 heterocycles. The van der Waals surface area contributed by atoms with Crippen molar-refractivity contribution >= 4 is 0 Å². The second-order valence-electron chi connectivity index (χ2n) is 3.21. The lowest BCUT2D eigenvalue weighted by Crippen LogP contribution is -2.15. The van der Waals surface area contributed by atoms with Crippen molar-refractivity contribution in [2.75, 3.05) is 13.2 Å². The normalized spacial score (nSPS) is 12.7. The van der Waals surface area contributed by atoms with Gasteiger partial charge in [-0.2, -0.15) is 0 Å². The lowest BCUT2D eigenvalue weighted by molar-refractivity contribution is 0.0384. The van der Waals surface area contributed by atoms with Gasteiger partial charge < -0.3 is 9.84 Å². The van der Waals surface area contributed by atoms with Crippen LogP contribution < -0.4 is 0 Å². The minimum atomic E-state index is -0.358. The summed E-state index contributed by atoms with van der Waals surface area (Å²) in [5.74, 6) is 0. The van der Waals surface area contributed by atoms with E-state index in [0.717, 1.165) is 12.8 Å². The van der Waals surface area contributed by atoms with Crippen LogP contribution in [0, 0.1) is 0 Å². The Labute approximate surface area is 84.7 Å².